The zero-order valence-corrected chi connectivity index (χ0v) is 20.1. The standard InChI is InChI=1S/C24H34O9/c1-12(2)7-18(27)32-16-9-23(10-29-14(4)25)17(8-13(16)3)33-21-19(31-15(5)26)20(28)22(23,6)24(21)11-30-24/h8,12,16-17,19-21,28H,7,9-11H2,1-6H3/t16-,17+,19+,20+,21+,22+,23+,24?/m0/s1. The van der Waals surface area contributed by atoms with Crippen LogP contribution in [-0.2, 0) is 38.1 Å². The number of hydrogen-bond acceptors (Lipinski definition) is 9. The lowest BCUT2D eigenvalue weighted by Crippen LogP contribution is -2.67. The molecule has 2 aliphatic heterocycles. The van der Waals surface area contributed by atoms with E-state index in [-0.39, 0.29) is 31.3 Å². The number of epoxide rings is 1. The second kappa shape index (κ2) is 8.06. The number of hydrogen-bond donors (Lipinski definition) is 1. The zero-order chi connectivity index (χ0) is 24.3. The SMILES string of the molecule is CC(=O)OC[C@]12C[C@H](OC(=O)CC(C)C)C(C)=C[C@H]1O[C@@H]1[C@H](OC(C)=O)[C@@H](O)[C@@]2(C)C12CO2. The molecule has 0 amide bonds. The van der Waals surface area contributed by atoms with Crippen LogP contribution in [-0.4, -0.2) is 72.3 Å². The van der Waals surface area contributed by atoms with Gasteiger partial charge in [0.1, 0.15) is 30.5 Å². The summed E-state index contributed by atoms with van der Waals surface area (Å²) in [6, 6.07) is 0. The first-order chi connectivity index (χ1) is 15.4. The number of fused-ring (bicyclic) bond motifs is 2. The van der Waals surface area contributed by atoms with Crippen LogP contribution in [0, 0.1) is 16.7 Å². The Labute approximate surface area is 193 Å². The quantitative estimate of drug-likeness (QED) is 0.270. The molecule has 2 bridgehead atoms. The summed E-state index contributed by atoms with van der Waals surface area (Å²) in [6.45, 7) is 10.5. The number of carbonyl (C=O) groups is 3. The van der Waals surface area contributed by atoms with Crippen molar-refractivity contribution in [3.63, 3.8) is 0 Å². The number of aliphatic hydroxyl groups excluding tert-OH is 1. The number of aliphatic hydroxyl groups is 1. The fraction of sp³-hybridized carbons (Fsp3) is 0.792. The Kier molecular flexibility index (Phi) is 5.90. The van der Waals surface area contributed by atoms with E-state index in [0.29, 0.717) is 6.61 Å². The van der Waals surface area contributed by atoms with Crippen LogP contribution in [0.15, 0.2) is 11.6 Å². The monoisotopic (exact) mass is 466 g/mol. The molecule has 2 heterocycles. The first kappa shape index (κ1) is 24.2. The molecular weight excluding hydrogens is 432 g/mol. The molecule has 9 nitrogen and oxygen atoms in total. The van der Waals surface area contributed by atoms with Gasteiger partial charge in [0, 0.05) is 37.5 Å². The highest BCUT2D eigenvalue weighted by molar-refractivity contribution is 5.70. The average Bonchev–Trinajstić information content (AvgIpc) is 3.48. The van der Waals surface area contributed by atoms with Crippen molar-refractivity contribution in [2.75, 3.05) is 13.2 Å². The minimum Gasteiger partial charge on any atom is -0.465 e. The van der Waals surface area contributed by atoms with Crippen LogP contribution in [0.4, 0.5) is 0 Å². The lowest BCUT2D eigenvalue weighted by Gasteiger charge is -2.58. The van der Waals surface area contributed by atoms with Gasteiger partial charge >= 0.3 is 17.9 Å². The molecule has 0 radical (unpaired) electrons. The van der Waals surface area contributed by atoms with Crippen molar-refractivity contribution in [3.05, 3.63) is 11.6 Å². The summed E-state index contributed by atoms with van der Waals surface area (Å²) in [5.74, 6) is -1.17. The van der Waals surface area contributed by atoms with Crippen LogP contribution < -0.4 is 0 Å². The van der Waals surface area contributed by atoms with Crippen LogP contribution in [0.25, 0.3) is 0 Å². The molecule has 0 aromatic heterocycles. The van der Waals surface area contributed by atoms with Gasteiger partial charge in [0.2, 0.25) is 0 Å². The Bertz CT molecular complexity index is 875. The number of carbonyl (C=O) groups excluding carboxylic acids is 3. The van der Waals surface area contributed by atoms with Crippen molar-refractivity contribution in [1.82, 2.24) is 0 Å². The minimum atomic E-state index is -1.13. The summed E-state index contributed by atoms with van der Waals surface area (Å²) >= 11 is 0. The molecule has 9 heteroatoms. The molecule has 33 heavy (non-hydrogen) atoms. The molecule has 0 aromatic carbocycles. The van der Waals surface area contributed by atoms with E-state index < -0.39 is 58.9 Å². The van der Waals surface area contributed by atoms with Gasteiger partial charge in [-0.3, -0.25) is 14.4 Å². The molecule has 8 atom stereocenters. The predicted octanol–water partition coefficient (Wildman–Crippen LogP) is 1.69. The topological polar surface area (TPSA) is 121 Å². The van der Waals surface area contributed by atoms with E-state index in [9.17, 15) is 19.5 Å². The van der Waals surface area contributed by atoms with Gasteiger partial charge in [-0.25, -0.2) is 0 Å². The first-order valence-corrected chi connectivity index (χ1v) is 11.5. The number of esters is 3. The van der Waals surface area contributed by atoms with Crippen molar-refractivity contribution in [1.29, 1.82) is 0 Å². The molecule has 2 aliphatic carbocycles. The van der Waals surface area contributed by atoms with E-state index in [1.54, 1.807) is 0 Å². The highest BCUT2D eigenvalue weighted by atomic mass is 16.7. The van der Waals surface area contributed by atoms with Crippen molar-refractivity contribution in [2.45, 2.75) is 90.5 Å². The lowest BCUT2D eigenvalue weighted by atomic mass is 9.51. The molecule has 4 aliphatic rings. The predicted molar refractivity (Wildman–Crippen MR) is 114 cm³/mol. The fourth-order valence-electron chi connectivity index (χ4n) is 6.21. The van der Waals surface area contributed by atoms with Gasteiger partial charge in [0.25, 0.3) is 0 Å². The van der Waals surface area contributed by atoms with Gasteiger partial charge in [0.15, 0.2) is 6.10 Å². The third kappa shape index (κ3) is 3.51. The van der Waals surface area contributed by atoms with E-state index in [4.69, 9.17) is 23.7 Å². The molecule has 1 N–H and O–H groups in total. The zero-order valence-electron chi connectivity index (χ0n) is 20.1. The maximum Gasteiger partial charge on any atom is 0.306 e. The molecule has 0 aromatic rings. The van der Waals surface area contributed by atoms with Crippen LogP contribution in [0.1, 0.15) is 54.4 Å². The second-order valence-electron chi connectivity index (χ2n) is 10.5. The summed E-state index contributed by atoms with van der Waals surface area (Å²) in [5.41, 5.74) is -2.04. The minimum absolute atomic E-state index is 0.0623. The van der Waals surface area contributed by atoms with Gasteiger partial charge < -0.3 is 28.8 Å². The maximum absolute atomic E-state index is 12.5. The molecule has 4 rings (SSSR count). The molecule has 1 unspecified atom stereocenters. The van der Waals surface area contributed by atoms with Crippen LogP contribution >= 0.6 is 0 Å². The highest BCUT2D eigenvalue weighted by Gasteiger charge is 2.86. The highest BCUT2D eigenvalue weighted by Crippen LogP contribution is 2.72. The summed E-state index contributed by atoms with van der Waals surface area (Å²) in [4.78, 5) is 36.2. The van der Waals surface area contributed by atoms with Crippen LogP contribution in [0.2, 0.25) is 0 Å². The third-order valence-corrected chi connectivity index (χ3v) is 8.02. The molecular formula is C24H34O9. The largest absolute Gasteiger partial charge is 0.465 e. The Morgan fingerprint density at radius 1 is 1.21 bits per heavy atom. The fourth-order valence-corrected chi connectivity index (χ4v) is 6.21. The van der Waals surface area contributed by atoms with Crippen LogP contribution in [0.5, 0.6) is 0 Å². The van der Waals surface area contributed by atoms with Gasteiger partial charge in [-0.1, -0.05) is 26.8 Å². The molecule has 3 fully saturated rings. The molecule has 2 saturated heterocycles. The summed E-state index contributed by atoms with van der Waals surface area (Å²) in [6.07, 6.45) is -1.42. The average molecular weight is 467 g/mol. The Hall–Kier alpha value is -1.97. The normalized spacial score (nSPS) is 43.0. The number of ether oxygens (including phenoxy) is 5. The van der Waals surface area contributed by atoms with Crippen molar-refractivity contribution >= 4 is 17.9 Å². The van der Waals surface area contributed by atoms with Crippen LogP contribution in [0.3, 0.4) is 0 Å². The van der Waals surface area contributed by atoms with Gasteiger partial charge in [0.05, 0.1) is 12.7 Å². The number of rotatable bonds is 6. The summed E-state index contributed by atoms with van der Waals surface area (Å²) < 4.78 is 29.3. The first-order valence-electron chi connectivity index (χ1n) is 11.5. The van der Waals surface area contributed by atoms with Crippen molar-refractivity contribution in [3.8, 4) is 0 Å². The Balaban J connectivity index is 1.77. The summed E-state index contributed by atoms with van der Waals surface area (Å²) in [7, 11) is 0. The van der Waals surface area contributed by atoms with E-state index >= 15 is 0 Å². The third-order valence-electron chi connectivity index (χ3n) is 8.02. The summed E-state index contributed by atoms with van der Waals surface area (Å²) in [5, 5.41) is 11.6. The van der Waals surface area contributed by atoms with Gasteiger partial charge in [-0.05, 0) is 18.4 Å². The Morgan fingerprint density at radius 2 is 1.88 bits per heavy atom. The van der Waals surface area contributed by atoms with E-state index in [1.165, 1.54) is 13.8 Å². The van der Waals surface area contributed by atoms with Gasteiger partial charge in [-0.15, -0.1) is 0 Å². The molecule has 1 saturated carbocycles. The Morgan fingerprint density at radius 3 is 2.42 bits per heavy atom. The smallest absolute Gasteiger partial charge is 0.306 e. The lowest BCUT2D eigenvalue weighted by molar-refractivity contribution is -0.239. The second-order valence-corrected chi connectivity index (χ2v) is 10.5. The van der Waals surface area contributed by atoms with Crippen molar-refractivity contribution < 1.29 is 43.2 Å². The van der Waals surface area contributed by atoms with E-state index in [0.717, 1.165) is 5.57 Å². The van der Waals surface area contributed by atoms with E-state index in [1.807, 2.05) is 33.8 Å². The molecule has 184 valence electrons. The van der Waals surface area contributed by atoms with Gasteiger partial charge in [-0.2, -0.15) is 0 Å². The van der Waals surface area contributed by atoms with Crippen molar-refractivity contribution in [2.24, 2.45) is 16.7 Å². The maximum atomic E-state index is 12.5. The van der Waals surface area contributed by atoms with E-state index in [2.05, 4.69) is 0 Å². The molecule has 1 spiro atoms.